The van der Waals surface area contributed by atoms with Gasteiger partial charge in [0.15, 0.2) is 34.5 Å². The zero-order valence-corrected chi connectivity index (χ0v) is 28.6. The molecular weight excluding hydrogens is 592 g/mol. The van der Waals surface area contributed by atoms with Gasteiger partial charge in [0.05, 0.1) is 62.6 Å². The molecule has 0 radical (unpaired) electrons. The molecule has 0 amide bonds. The summed E-state index contributed by atoms with van der Waals surface area (Å²) in [6.45, 7) is 1.89. The molecule has 0 aliphatic carbocycles. The SMILES string of the molecule is COc1ccc2cc1Oc1ccc(cc1)CC1c3cc(OC)c(O)c(c3CC[N+]1(C)C)Oc1cc3c(cc1OC)CC[N+](C)(C)C3C2. The number of benzene rings is 4. The third kappa shape index (κ3) is 5.53. The molecule has 4 heterocycles. The Morgan fingerprint density at radius 2 is 1.26 bits per heavy atom. The van der Waals surface area contributed by atoms with Crippen LogP contribution in [0, 0.1) is 0 Å². The van der Waals surface area contributed by atoms with Crippen LogP contribution in [0.1, 0.15) is 45.5 Å². The molecule has 8 heteroatoms. The fourth-order valence-corrected chi connectivity index (χ4v) is 7.78. The second-order valence-corrected chi connectivity index (χ2v) is 14.3. The first-order chi connectivity index (χ1) is 22.5. The summed E-state index contributed by atoms with van der Waals surface area (Å²) in [7, 11) is 14.1. The molecule has 2 unspecified atom stereocenters. The number of likely N-dealkylation sites (N-methyl/N-ethyl adjacent to an activating group) is 2. The number of hydrogen-bond acceptors (Lipinski definition) is 6. The number of hydrogen-bond donors (Lipinski definition) is 1. The minimum atomic E-state index is 0.0165. The van der Waals surface area contributed by atoms with Crippen LogP contribution in [0.25, 0.3) is 0 Å². The van der Waals surface area contributed by atoms with Crippen LogP contribution in [0.5, 0.6) is 46.0 Å². The Kier molecular flexibility index (Phi) is 7.76. The summed E-state index contributed by atoms with van der Waals surface area (Å²) in [4.78, 5) is 0. The summed E-state index contributed by atoms with van der Waals surface area (Å²) in [6, 6.07) is 21.1. The third-order valence-electron chi connectivity index (χ3n) is 10.8. The molecule has 246 valence electrons. The molecule has 8 nitrogen and oxygen atoms in total. The van der Waals surface area contributed by atoms with Crippen molar-refractivity contribution < 1.29 is 37.8 Å². The van der Waals surface area contributed by atoms with Gasteiger partial charge >= 0.3 is 0 Å². The Hall–Kier alpha value is -4.40. The van der Waals surface area contributed by atoms with Gasteiger partial charge in [0.25, 0.3) is 0 Å². The van der Waals surface area contributed by atoms with Crippen LogP contribution in [0.15, 0.2) is 60.7 Å². The van der Waals surface area contributed by atoms with E-state index >= 15 is 0 Å². The van der Waals surface area contributed by atoms with Crippen molar-refractivity contribution in [3.63, 3.8) is 0 Å². The molecule has 0 spiro atoms. The van der Waals surface area contributed by atoms with E-state index in [0.29, 0.717) is 34.5 Å². The minimum Gasteiger partial charge on any atom is -0.502 e. The van der Waals surface area contributed by atoms with Crippen LogP contribution < -0.4 is 23.7 Å². The first kappa shape index (κ1) is 31.2. The fraction of sp³-hybridized carbons (Fsp3) is 0.385. The summed E-state index contributed by atoms with van der Waals surface area (Å²) in [5.74, 6) is 4.27. The Labute approximate surface area is 277 Å². The maximum Gasteiger partial charge on any atom is 0.201 e. The van der Waals surface area contributed by atoms with E-state index < -0.39 is 0 Å². The number of nitrogens with zero attached hydrogens (tertiary/aromatic N) is 2. The largest absolute Gasteiger partial charge is 0.502 e. The summed E-state index contributed by atoms with van der Waals surface area (Å²) < 4.78 is 32.3. The van der Waals surface area contributed by atoms with Gasteiger partial charge in [-0.15, -0.1) is 0 Å². The molecule has 4 aromatic carbocycles. The van der Waals surface area contributed by atoms with Crippen molar-refractivity contribution in [1.82, 2.24) is 0 Å². The van der Waals surface area contributed by atoms with Crippen molar-refractivity contribution in [2.24, 2.45) is 0 Å². The smallest absolute Gasteiger partial charge is 0.201 e. The van der Waals surface area contributed by atoms with E-state index in [2.05, 4.69) is 64.6 Å². The first-order valence-electron chi connectivity index (χ1n) is 16.4. The highest BCUT2D eigenvalue weighted by atomic mass is 16.5. The third-order valence-corrected chi connectivity index (χ3v) is 10.8. The van der Waals surface area contributed by atoms with E-state index in [0.717, 1.165) is 70.2 Å². The fourth-order valence-electron chi connectivity index (χ4n) is 7.78. The van der Waals surface area contributed by atoms with Crippen molar-refractivity contribution in [2.45, 2.75) is 37.8 Å². The van der Waals surface area contributed by atoms with Gasteiger partial charge in [-0.1, -0.05) is 18.2 Å². The Morgan fingerprint density at radius 1 is 0.638 bits per heavy atom. The lowest BCUT2D eigenvalue weighted by Crippen LogP contribution is -2.48. The molecule has 4 aromatic rings. The average molecular weight is 639 g/mol. The molecule has 10 bridgehead atoms. The van der Waals surface area contributed by atoms with Crippen LogP contribution in [0.2, 0.25) is 0 Å². The van der Waals surface area contributed by atoms with Crippen LogP contribution in [0.3, 0.4) is 0 Å². The molecule has 47 heavy (non-hydrogen) atoms. The highest BCUT2D eigenvalue weighted by molar-refractivity contribution is 5.62. The van der Waals surface area contributed by atoms with Crippen molar-refractivity contribution in [3.05, 3.63) is 94.0 Å². The molecule has 0 fully saturated rings. The van der Waals surface area contributed by atoms with E-state index in [1.807, 2.05) is 24.3 Å². The maximum absolute atomic E-state index is 11.6. The molecule has 4 aliphatic heterocycles. The molecule has 1 N–H and O–H groups in total. The van der Waals surface area contributed by atoms with E-state index in [1.165, 1.54) is 16.7 Å². The van der Waals surface area contributed by atoms with Gasteiger partial charge in [0.1, 0.15) is 17.8 Å². The quantitative estimate of drug-likeness (QED) is 0.241. The number of phenols is 1. The van der Waals surface area contributed by atoms with Crippen LogP contribution >= 0.6 is 0 Å². The van der Waals surface area contributed by atoms with Crippen molar-refractivity contribution in [3.8, 4) is 46.0 Å². The van der Waals surface area contributed by atoms with E-state index in [9.17, 15) is 5.11 Å². The Balaban J connectivity index is 1.46. The standard InChI is InChI=1S/C39H45N2O6/c1-40(2)16-14-26-21-34(44-6)36-22-29(26)31(40)19-25-10-13-33(43-5)35(20-25)46-27-11-8-24(9-12-27)18-32-30-23-37(45-7)38(42)39(47-36)28(30)15-17-41(32,3)4/h8-13,20-23,31-32H,14-19H2,1-7H3/q+1/p+1. The maximum atomic E-state index is 11.6. The molecule has 0 saturated carbocycles. The molecule has 8 rings (SSSR count). The van der Waals surface area contributed by atoms with Gasteiger partial charge in [-0.3, -0.25) is 0 Å². The second-order valence-electron chi connectivity index (χ2n) is 14.3. The Morgan fingerprint density at radius 3 is 1.96 bits per heavy atom. The average Bonchev–Trinajstić information content (AvgIpc) is 3.05. The molecule has 2 atom stereocenters. The van der Waals surface area contributed by atoms with Crippen molar-refractivity contribution in [1.29, 1.82) is 0 Å². The van der Waals surface area contributed by atoms with Crippen LogP contribution in [-0.4, -0.2) is 76.7 Å². The number of aromatic hydroxyl groups is 1. The van der Waals surface area contributed by atoms with Gasteiger partial charge in [-0.05, 0) is 59.2 Å². The summed E-state index contributed by atoms with van der Waals surface area (Å²) >= 11 is 0. The zero-order valence-electron chi connectivity index (χ0n) is 28.6. The topological polar surface area (TPSA) is 66.4 Å². The van der Waals surface area contributed by atoms with E-state index in [-0.39, 0.29) is 17.8 Å². The highest BCUT2D eigenvalue weighted by Gasteiger charge is 2.41. The van der Waals surface area contributed by atoms with Gasteiger partial charge in [-0.25, -0.2) is 0 Å². The molecule has 0 saturated heterocycles. The molecule has 4 aliphatic rings. The molecule has 0 aromatic heterocycles. The normalized spacial score (nSPS) is 20.5. The second kappa shape index (κ2) is 11.7. The Bertz CT molecular complexity index is 1830. The number of rotatable bonds is 3. The summed E-state index contributed by atoms with van der Waals surface area (Å²) in [5, 5.41) is 11.6. The number of methoxy groups -OCH3 is 3. The van der Waals surface area contributed by atoms with Crippen LogP contribution in [0.4, 0.5) is 0 Å². The van der Waals surface area contributed by atoms with Gasteiger partial charge in [0.2, 0.25) is 5.75 Å². The summed E-state index contributed by atoms with van der Waals surface area (Å²) in [5.41, 5.74) is 6.96. The van der Waals surface area contributed by atoms with Gasteiger partial charge < -0.3 is 37.8 Å². The zero-order chi connectivity index (χ0) is 33.1. The number of ether oxygens (including phenoxy) is 5. The molecular formula is C39H46N2O6+2. The minimum absolute atomic E-state index is 0.0165. The van der Waals surface area contributed by atoms with Crippen LogP contribution in [-0.2, 0) is 25.7 Å². The number of fused-ring (bicyclic) bond motifs is 2. The lowest BCUT2D eigenvalue weighted by Gasteiger charge is -2.43. The van der Waals surface area contributed by atoms with Gasteiger partial charge in [0, 0.05) is 42.4 Å². The monoisotopic (exact) mass is 638 g/mol. The highest BCUT2D eigenvalue weighted by Crippen LogP contribution is 2.51. The van der Waals surface area contributed by atoms with Gasteiger partial charge in [-0.2, -0.15) is 0 Å². The predicted octanol–water partition coefficient (Wildman–Crippen LogP) is 7.15. The number of phenolic OH excluding ortho intramolecular Hbond substituents is 1. The van der Waals surface area contributed by atoms with Crippen molar-refractivity contribution >= 4 is 0 Å². The lowest BCUT2D eigenvalue weighted by atomic mass is 9.86. The predicted molar refractivity (Wildman–Crippen MR) is 181 cm³/mol. The number of quaternary nitrogens is 2. The first-order valence-corrected chi connectivity index (χ1v) is 16.4. The summed E-state index contributed by atoms with van der Waals surface area (Å²) in [6.07, 6.45) is 3.27. The van der Waals surface area contributed by atoms with Crippen molar-refractivity contribution in [2.75, 3.05) is 62.6 Å². The van der Waals surface area contributed by atoms with E-state index in [1.54, 1.807) is 21.3 Å². The lowest BCUT2D eigenvalue weighted by molar-refractivity contribution is -0.923. The van der Waals surface area contributed by atoms with E-state index in [4.69, 9.17) is 23.7 Å².